The second kappa shape index (κ2) is 14.2. The number of ketones is 1. The Kier molecular flexibility index (Phi) is 12.0. The highest BCUT2D eigenvalue weighted by molar-refractivity contribution is 8.09. The summed E-state index contributed by atoms with van der Waals surface area (Å²) in [5.74, 6) is -1.15. The molecule has 194 valence electrons. The molecule has 3 aromatic rings. The van der Waals surface area contributed by atoms with E-state index in [0.29, 0.717) is 26.9 Å². The minimum atomic E-state index is -2.56. The van der Waals surface area contributed by atoms with Gasteiger partial charge in [0, 0.05) is 43.5 Å². The minimum absolute atomic E-state index is 0.159. The highest BCUT2D eigenvalue weighted by Crippen LogP contribution is 2.46. The molecule has 0 aliphatic rings. The van der Waals surface area contributed by atoms with E-state index in [1.807, 2.05) is 62.4 Å². The Morgan fingerprint density at radius 1 is 0.917 bits per heavy atom. The number of hydrogen-bond acceptors (Lipinski definition) is 6. The summed E-state index contributed by atoms with van der Waals surface area (Å²) < 4.78 is 21.7. The predicted molar refractivity (Wildman–Crippen MR) is 150 cm³/mol. The molecule has 0 aromatic heterocycles. The van der Waals surface area contributed by atoms with Crippen LogP contribution in [0.15, 0.2) is 78.9 Å². The molecule has 0 saturated heterocycles. The van der Waals surface area contributed by atoms with Crippen molar-refractivity contribution in [2.75, 3.05) is 21.3 Å². The summed E-state index contributed by atoms with van der Waals surface area (Å²) in [7, 11) is 4.45. The smallest absolute Gasteiger partial charge is 0.312 e. The van der Waals surface area contributed by atoms with Gasteiger partial charge >= 0.3 is 6.64 Å². The molecule has 3 aromatic carbocycles. The van der Waals surface area contributed by atoms with E-state index in [1.54, 1.807) is 30.3 Å². The molecule has 0 fully saturated rings. The Balaban J connectivity index is 0.000000255. The lowest BCUT2D eigenvalue weighted by molar-refractivity contribution is -0.176. The van der Waals surface area contributed by atoms with Gasteiger partial charge < -0.3 is 18.5 Å². The normalized spacial score (nSPS) is 12.9. The largest absolute Gasteiger partial charge is 0.431 e. The molecular weight excluding hydrogens is 540 g/mol. The molecule has 0 bridgehead atoms. The number of Topliss-reactive ketones (excluding diaryl/α,β-unsaturated/α-hetero) is 1. The summed E-state index contributed by atoms with van der Waals surface area (Å²) in [6, 6.07) is 23.3. The monoisotopic (exact) mass is 569 g/mol. The lowest BCUT2D eigenvalue weighted by Gasteiger charge is -2.29. The maximum Gasteiger partial charge on any atom is 0.312 e. The first-order chi connectivity index (χ1) is 17.1. The predicted octanol–water partition coefficient (Wildman–Crippen LogP) is 7.26. The van der Waals surface area contributed by atoms with Crippen LogP contribution in [0.2, 0.25) is 10.0 Å². The van der Waals surface area contributed by atoms with Gasteiger partial charge in [0.05, 0.1) is 5.02 Å². The number of benzene rings is 3. The molecule has 1 atom stereocenters. The van der Waals surface area contributed by atoms with E-state index in [-0.39, 0.29) is 11.8 Å². The van der Waals surface area contributed by atoms with E-state index in [1.165, 1.54) is 21.3 Å². The lowest BCUT2D eigenvalue weighted by Crippen LogP contribution is -2.39. The third kappa shape index (κ3) is 8.10. The fourth-order valence-corrected chi connectivity index (χ4v) is 5.84. The van der Waals surface area contributed by atoms with Gasteiger partial charge in [0.2, 0.25) is 5.78 Å². The first-order valence-corrected chi connectivity index (χ1v) is 14.3. The molecule has 0 saturated carbocycles. The molecule has 1 unspecified atom stereocenters. The van der Waals surface area contributed by atoms with Crippen LogP contribution in [-0.2, 0) is 31.6 Å². The van der Waals surface area contributed by atoms with Gasteiger partial charge in [0.15, 0.2) is 0 Å². The second-order valence-corrected chi connectivity index (χ2v) is 11.8. The third-order valence-corrected chi connectivity index (χ3v) is 8.10. The fraction of sp³-hybridized carbons (Fsp3) is 0.269. The Labute approximate surface area is 228 Å². The van der Waals surface area contributed by atoms with Gasteiger partial charge in [-0.25, -0.2) is 5.09 Å². The van der Waals surface area contributed by atoms with Crippen molar-refractivity contribution in [2.45, 2.75) is 25.7 Å². The Bertz CT molecular complexity index is 1160. The van der Waals surface area contributed by atoms with Crippen LogP contribution in [-0.4, -0.2) is 33.2 Å². The highest BCUT2D eigenvalue weighted by Gasteiger charge is 2.41. The molecule has 10 heteroatoms. The van der Waals surface area contributed by atoms with Crippen molar-refractivity contribution in [1.82, 2.24) is 5.09 Å². The molecule has 36 heavy (non-hydrogen) atoms. The van der Waals surface area contributed by atoms with Crippen molar-refractivity contribution in [3.8, 4) is 5.75 Å². The average molecular weight is 570 g/mol. The number of ether oxygens (including phenoxy) is 2. The van der Waals surface area contributed by atoms with E-state index in [4.69, 9.17) is 53.5 Å². The third-order valence-electron chi connectivity index (χ3n) is 4.83. The molecule has 0 aliphatic carbocycles. The summed E-state index contributed by atoms with van der Waals surface area (Å²) in [6.07, 6.45) is 0. The van der Waals surface area contributed by atoms with Crippen LogP contribution in [0, 0.1) is 0 Å². The topological polar surface area (TPSA) is 66.0 Å². The zero-order valence-corrected chi connectivity index (χ0v) is 24.0. The first-order valence-electron chi connectivity index (χ1n) is 10.9. The standard InChI is InChI=1S/C16H16O3.C10H14Cl2NO2PS/c1-18-16(19-2,14-11-7-4-8-12-14)15(17)13-9-5-3-6-10-13;1-7(2)13-16(17,14-3)15-10-5-4-8(11)6-9(10)12/h3-12H,1-2H3;4-7H,1-3H3,(H,13,17). The van der Waals surface area contributed by atoms with Gasteiger partial charge in [-0.05, 0) is 43.9 Å². The number of methoxy groups -OCH3 is 2. The van der Waals surface area contributed by atoms with E-state index >= 15 is 0 Å². The molecule has 1 N–H and O–H groups in total. The van der Waals surface area contributed by atoms with E-state index in [2.05, 4.69) is 5.09 Å². The SMILES string of the molecule is COC(OC)(C(=O)c1ccccc1)c1ccccc1.COP(=S)(NC(C)C)Oc1ccc(Cl)cc1Cl. The number of halogens is 2. The van der Waals surface area contributed by atoms with Crippen molar-refractivity contribution < 1.29 is 23.3 Å². The van der Waals surface area contributed by atoms with Crippen molar-refractivity contribution in [2.24, 2.45) is 0 Å². The molecule has 0 spiro atoms. The van der Waals surface area contributed by atoms with Crippen LogP contribution >= 0.6 is 29.8 Å². The number of carbonyl (C=O) groups excluding carboxylic acids is 1. The highest BCUT2D eigenvalue weighted by atomic mass is 35.5. The quantitative estimate of drug-likeness (QED) is 0.156. The van der Waals surface area contributed by atoms with Crippen LogP contribution in [0.3, 0.4) is 0 Å². The van der Waals surface area contributed by atoms with Gasteiger partial charge in [0.25, 0.3) is 5.79 Å². The molecule has 0 radical (unpaired) electrons. The number of hydrogen-bond donors (Lipinski definition) is 1. The molecule has 0 amide bonds. The second-order valence-electron chi connectivity index (χ2n) is 7.72. The van der Waals surface area contributed by atoms with Crippen molar-refractivity contribution >= 4 is 47.4 Å². The van der Waals surface area contributed by atoms with Gasteiger partial charge in [0.1, 0.15) is 5.75 Å². The summed E-state index contributed by atoms with van der Waals surface area (Å²) >= 11 is 17.1. The lowest BCUT2D eigenvalue weighted by atomic mass is 9.96. The zero-order valence-electron chi connectivity index (χ0n) is 20.7. The van der Waals surface area contributed by atoms with Gasteiger partial charge in [-0.1, -0.05) is 83.9 Å². The number of carbonyl (C=O) groups is 1. The minimum Gasteiger partial charge on any atom is -0.431 e. The van der Waals surface area contributed by atoms with Crippen molar-refractivity contribution in [3.63, 3.8) is 0 Å². The Morgan fingerprint density at radius 2 is 1.47 bits per heavy atom. The fourth-order valence-electron chi connectivity index (χ4n) is 3.18. The summed E-state index contributed by atoms with van der Waals surface area (Å²) in [6.45, 7) is 1.37. The Hall–Kier alpha value is -1.80. The first kappa shape index (κ1) is 30.4. The molecule has 0 aliphatic heterocycles. The number of nitrogens with one attached hydrogen (secondary N) is 1. The van der Waals surface area contributed by atoms with E-state index < -0.39 is 12.4 Å². The summed E-state index contributed by atoms with van der Waals surface area (Å²) in [4.78, 5) is 12.7. The zero-order chi connectivity index (χ0) is 26.8. The van der Waals surface area contributed by atoms with Crippen molar-refractivity contribution in [1.29, 1.82) is 0 Å². The van der Waals surface area contributed by atoms with Crippen LogP contribution in [0.5, 0.6) is 5.75 Å². The van der Waals surface area contributed by atoms with Crippen LogP contribution < -0.4 is 9.61 Å². The summed E-state index contributed by atoms with van der Waals surface area (Å²) in [5.41, 5.74) is 1.23. The molecule has 0 heterocycles. The average Bonchev–Trinajstić information content (AvgIpc) is 2.88. The van der Waals surface area contributed by atoms with Crippen LogP contribution in [0.4, 0.5) is 0 Å². The molecule has 3 rings (SSSR count). The van der Waals surface area contributed by atoms with E-state index in [0.717, 1.165) is 0 Å². The Morgan fingerprint density at radius 3 is 1.94 bits per heavy atom. The van der Waals surface area contributed by atoms with Crippen LogP contribution in [0.25, 0.3) is 0 Å². The van der Waals surface area contributed by atoms with Crippen LogP contribution in [0.1, 0.15) is 29.8 Å². The van der Waals surface area contributed by atoms with Gasteiger partial charge in [-0.15, -0.1) is 0 Å². The maximum absolute atomic E-state index is 12.7. The molecule has 6 nitrogen and oxygen atoms in total. The van der Waals surface area contributed by atoms with E-state index in [9.17, 15) is 4.79 Å². The van der Waals surface area contributed by atoms with Gasteiger partial charge in [-0.3, -0.25) is 4.79 Å². The van der Waals surface area contributed by atoms with Crippen molar-refractivity contribution in [3.05, 3.63) is 100 Å². The number of rotatable bonds is 10. The summed E-state index contributed by atoms with van der Waals surface area (Å²) in [5, 5.41) is 4.04. The molecular formula is C26H30Cl2NO5PS. The van der Waals surface area contributed by atoms with Gasteiger partial charge in [-0.2, -0.15) is 0 Å². The maximum atomic E-state index is 12.7.